The molecule has 0 radical (unpaired) electrons. The highest BCUT2D eigenvalue weighted by atomic mass is 35.5. The molecule has 0 nitrogen and oxygen atoms in total. The van der Waals surface area contributed by atoms with Crippen molar-refractivity contribution >= 4 is 48.1 Å². The minimum absolute atomic E-state index is 0.522. The fourth-order valence-corrected chi connectivity index (χ4v) is 3.95. The maximum atomic E-state index is 6.08. The minimum Gasteiger partial charge on any atom is -0.0844 e. The van der Waals surface area contributed by atoms with Gasteiger partial charge in [-0.3, -0.25) is 0 Å². The maximum absolute atomic E-state index is 6.08. The van der Waals surface area contributed by atoms with Crippen molar-refractivity contribution in [2.75, 3.05) is 0 Å². The van der Waals surface area contributed by atoms with Crippen molar-refractivity contribution in [2.24, 2.45) is 0 Å². The van der Waals surface area contributed by atoms with Gasteiger partial charge in [-0.1, -0.05) is 54.4 Å². The molecule has 1 aromatic rings. The lowest BCUT2D eigenvalue weighted by Gasteiger charge is -2.18. The average molecular weight is 254 g/mol. The molecule has 0 fully saturated rings. The van der Waals surface area contributed by atoms with Gasteiger partial charge in [-0.25, -0.2) is 0 Å². The summed E-state index contributed by atoms with van der Waals surface area (Å²) in [5.74, 6) is 0. The van der Waals surface area contributed by atoms with E-state index in [0.717, 1.165) is 10.2 Å². The first-order valence-corrected chi connectivity index (χ1v) is 8.61. The molecule has 0 aliphatic heterocycles. The molecule has 72 valence electrons. The minimum atomic E-state index is -1.41. The van der Waals surface area contributed by atoms with E-state index in [1.165, 1.54) is 0 Å². The van der Waals surface area contributed by atoms with E-state index in [0.29, 0.717) is 10.0 Å². The third-order valence-electron chi connectivity index (χ3n) is 1.82. The van der Waals surface area contributed by atoms with Crippen molar-refractivity contribution in [2.45, 2.75) is 19.6 Å². The molecule has 0 spiro atoms. The van der Waals surface area contributed by atoms with Crippen molar-refractivity contribution in [3.63, 3.8) is 0 Å². The Bertz CT molecular complexity index is 328. The van der Waals surface area contributed by atoms with E-state index in [-0.39, 0.29) is 0 Å². The monoisotopic (exact) mass is 252 g/mol. The van der Waals surface area contributed by atoms with Crippen molar-refractivity contribution in [3.05, 3.63) is 27.2 Å². The molecule has 0 aromatic heterocycles. The van der Waals surface area contributed by atoms with Crippen LogP contribution in [-0.2, 0) is 0 Å². The Kier molecular flexibility index (Phi) is 3.34. The Morgan fingerprint density at radius 1 is 0.846 bits per heavy atom. The molecule has 0 bridgehead atoms. The summed E-state index contributed by atoms with van der Waals surface area (Å²) < 4.78 is 0. The molecule has 0 aliphatic carbocycles. The fraction of sp³-hybridized carbons (Fsp3) is 0.333. The second-order valence-electron chi connectivity index (χ2n) is 4.00. The van der Waals surface area contributed by atoms with Crippen LogP contribution in [0.5, 0.6) is 0 Å². The summed E-state index contributed by atoms with van der Waals surface area (Å²) in [6.07, 6.45) is 0. The van der Waals surface area contributed by atoms with Crippen LogP contribution in [0.4, 0.5) is 0 Å². The molecule has 1 aromatic carbocycles. The van der Waals surface area contributed by atoms with Crippen molar-refractivity contribution in [3.8, 4) is 0 Å². The smallest absolute Gasteiger partial charge is 0.0796 e. The third kappa shape index (κ3) is 2.63. The summed E-state index contributed by atoms with van der Waals surface area (Å²) in [6.45, 7) is 6.66. The number of halogens is 3. The van der Waals surface area contributed by atoms with Crippen LogP contribution in [0.15, 0.2) is 12.1 Å². The Morgan fingerprint density at radius 2 is 1.31 bits per heavy atom. The molecular formula is C9H11Cl3Si. The van der Waals surface area contributed by atoms with Gasteiger partial charge in [-0.05, 0) is 17.3 Å². The Morgan fingerprint density at radius 3 is 1.77 bits per heavy atom. The largest absolute Gasteiger partial charge is 0.0844 e. The second kappa shape index (κ2) is 3.82. The number of benzene rings is 1. The SMILES string of the molecule is C[Si](C)(C)c1cc(Cl)c(Cl)cc1Cl. The molecule has 0 saturated carbocycles. The van der Waals surface area contributed by atoms with Gasteiger partial charge in [-0.2, -0.15) is 0 Å². The lowest BCUT2D eigenvalue weighted by Crippen LogP contribution is -2.38. The lowest BCUT2D eigenvalue weighted by atomic mass is 10.3. The fourth-order valence-electron chi connectivity index (χ4n) is 1.10. The molecule has 0 atom stereocenters. The van der Waals surface area contributed by atoms with Gasteiger partial charge in [0.25, 0.3) is 0 Å². The van der Waals surface area contributed by atoms with E-state index in [1.807, 2.05) is 6.07 Å². The van der Waals surface area contributed by atoms with Gasteiger partial charge < -0.3 is 0 Å². The van der Waals surface area contributed by atoms with E-state index >= 15 is 0 Å². The summed E-state index contributed by atoms with van der Waals surface area (Å²) in [7, 11) is -1.41. The highest BCUT2D eigenvalue weighted by Crippen LogP contribution is 2.25. The standard InChI is InChI=1S/C9H11Cl3Si/c1-13(2,3)9-5-7(11)6(10)4-8(9)12/h4-5H,1-3H3. The van der Waals surface area contributed by atoms with E-state index in [9.17, 15) is 0 Å². The van der Waals surface area contributed by atoms with Crippen LogP contribution >= 0.6 is 34.8 Å². The summed E-state index contributed by atoms with van der Waals surface area (Å²) in [5, 5.41) is 2.99. The molecule has 0 unspecified atom stereocenters. The van der Waals surface area contributed by atoms with E-state index in [4.69, 9.17) is 34.8 Å². The quantitative estimate of drug-likeness (QED) is 0.520. The summed E-state index contributed by atoms with van der Waals surface area (Å²) in [5.41, 5.74) is 0. The predicted octanol–water partition coefficient (Wildman–Crippen LogP) is 4.19. The molecule has 0 saturated heterocycles. The number of hydrogen-bond donors (Lipinski definition) is 0. The zero-order valence-corrected chi connectivity index (χ0v) is 11.1. The van der Waals surface area contributed by atoms with Crippen LogP contribution in [-0.4, -0.2) is 8.07 Å². The third-order valence-corrected chi connectivity index (χ3v) is 5.04. The van der Waals surface area contributed by atoms with Gasteiger partial charge in [0.2, 0.25) is 0 Å². The van der Waals surface area contributed by atoms with Gasteiger partial charge in [-0.15, -0.1) is 0 Å². The van der Waals surface area contributed by atoms with Crippen LogP contribution in [0.3, 0.4) is 0 Å². The second-order valence-corrected chi connectivity index (χ2v) is 10.3. The van der Waals surface area contributed by atoms with E-state index in [2.05, 4.69) is 19.6 Å². The first kappa shape index (κ1) is 11.4. The Hall–Kier alpha value is 0.307. The molecule has 1 rings (SSSR count). The molecule has 13 heavy (non-hydrogen) atoms. The number of hydrogen-bond acceptors (Lipinski definition) is 0. The zero-order valence-electron chi connectivity index (χ0n) is 7.79. The van der Waals surface area contributed by atoms with Crippen molar-refractivity contribution < 1.29 is 0 Å². The van der Waals surface area contributed by atoms with Crippen molar-refractivity contribution in [1.29, 1.82) is 0 Å². The van der Waals surface area contributed by atoms with Crippen molar-refractivity contribution in [1.82, 2.24) is 0 Å². The van der Waals surface area contributed by atoms with E-state index < -0.39 is 8.07 Å². The number of rotatable bonds is 1. The molecular weight excluding hydrogens is 243 g/mol. The summed E-state index contributed by atoms with van der Waals surface area (Å²) in [4.78, 5) is 0. The molecule has 4 heteroatoms. The van der Waals surface area contributed by atoms with Crippen LogP contribution < -0.4 is 5.19 Å². The highest BCUT2D eigenvalue weighted by Gasteiger charge is 2.20. The molecule has 0 amide bonds. The Balaban J connectivity index is 3.32. The highest BCUT2D eigenvalue weighted by molar-refractivity contribution is 6.90. The average Bonchev–Trinajstić information content (AvgIpc) is 1.94. The van der Waals surface area contributed by atoms with Gasteiger partial charge >= 0.3 is 0 Å². The molecule has 0 heterocycles. The van der Waals surface area contributed by atoms with Gasteiger partial charge in [0.15, 0.2) is 0 Å². The van der Waals surface area contributed by atoms with Gasteiger partial charge in [0.05, 0.1) is 18.1 Å². The zero-order chi connectivity index (χ0) is 10.2. The first-order valence-electron chi connectivity index (χ1n) is 3.97. The first-order chi connectivity index (χ1) is 5.82. The summed E-state index contributed by atoms with van der Waals surface area (Å²) in [6, 6.07) is 3.61. The normalized spacial score (nSPS) is 11.8. The van der Waals surface area contributed by atoms with Crippen LogP contribution in [0, 0.1) is 0 Å². The molecule has 0 aliphatic rings. The Labute approximate surface area is 94.8 Å². The topological polar surface area (TPSA) is 0 Å². The van der Waals surface area contributed by atoms with Gasteiger partial charge in [0.1, 0.15) is 0 Å². The summed E-state index contributed by atoms with van der Waals surface area (Å²) >= 11 is 17.8. The lowest BCUT2D eigenvalue weighted by molar-refractivity contribution is 1.67. The van der Waals surface area contributed by atoms with Gasteiger partial charge in [0, 0.05) is 5.02 Å². The maximum Gasteiger partial charge on any atom is 0.0796 e. The molecule has 0 N–H and O–H groups in total. The van der Waals surface area contributed by atoms with Crippen LogP contribution in [0.2, 0.25) is 34.7 Å². The van der Waals surface area contributed by atoms with Crippen LogP contribution in [0.25, 0.3) is 0 Å². The van der Waals surface area contributed by atoms with Crippen LogP contribution in [0.1, 0.15) is 0 Å². The predicted molar refractivity (Wildman–Crippen MR) is 64.5 cm³/mol. The van der Waals surface area contributed by atoms with E-state index in [1.54, 1.807) is 6.07 Å².